The fraction of sp³-hybridized carbons (Fsp3) is 0.733. The summed E-state index contributed by atoms with van der Waals surface area (Å²) in [5.41, 5.74) is 1.07. The van der Waals surface area contributed by atoms with Crippen LogP contribution in [0.15, 0.2) is 6.20 Å². The second-order valence-electron chi connectivity index (χ2n) is 6.00. The van der Waals surface area contributed by atoms with Crippen LogP contribution in [0.3, 0.4) is 0 Å². The van der Waals surface area contributed by atoms with E-state index in [1.807, 2.05) is 11.1 Å². The van der Waals surface area contributed by atoms with Gasteiger partial charge in [0.15, 0.2) is 0 Å². The van der Waals surface area contributed by atoms with Gasteiger partial charge >= 0.3 is 0 Å². The first-order valence-electron chi connectivity index (χ1n) is 7.77. The molecule has 6 nitrogen and oxygen atoms in total. The summed E-state index contributed by atoms with van der Waals surface area (Å²) >= 11 is 0. The molecule has 1 aromatic rings. The lowest BCUT2D eigenvalue weighted by atomic mass is 10.2. The smallest absolute Gasteiger partial charge is 0.248 e. The average molecular weight is 292 g/mol. The topological polar surface area (TPSA) is 50.6 Å². The molecular formula is C15H24N4O2. The molecule has 3 heterocycles. The quantitative estimate of drug-likeness (QED) is 0.832. The van der Waals surface area contributed by atoms with Crippen molar-refractivity contribution in [2.24, 2.45) is 0 Å². The van der Waals surface area contributed by atoms with Crippen LogP contribution in [0.5, 0.6) is 0 Å². The van der Waals surface area contributed by atoms with E-state index in [1.165, 1.54) is 0 Å². The largest absolute Gasteiger partial charge is 0.365 e. The summed E-state index contributed by atoms with van der Waals surface area (Å²) in [6, 6.07) is 0.332. The Morgan fingerprint density at radius 2 is 2.10 bits per heavy atom. The van der Waals surface area contributed by atoms with E-state index in [-0.39, 0.29) is 12.5 Å². The van der Waals surface area contributed by atoms with Gasteiger partial charge in [-0.3, -0.25) is 9.69 Å². The molecule has 1 saturated heterocycles. The van der Waals surface area contributed by atoms with Crippen LogP contribution < -0.4 is 0 Å². The van der Waals surface area contributed by atoms with Gasteiger partial charge in [-0.2, -0.15) is 0 Å². The van der Waals surface area contributed by atoms with Crippen LogP contribution in [-0.2, 0) is 22.7 Å². The number of fused-ring (bicyclic) bond motifs is 1. The van der Waals surface area contributed by atoms with E-state index in [2.05, 4.69) is 28.4 Å². The van der Waals surface area contributed by atoms with Gasteiger partial charge in [0.1, 0.15) is 12.4 Å². The second kappa shape index (κ2) is 6.15. The average Bonchev–Trinajstić information content (AvgIpc) is 3.13. The summed E-state index contributed by atoms with van der Waals surface area (Å²) in [4.78, 5) is 20.6. The normalized spacial score (nSPS) is 22.6. The summed E-state index contributed by atoms with van der Waals surface area (Å²) in [5.74, 6) is 1.20. The van der Waals surface area contributed by atoms with E-state index < -0.39 is 0 Å². The highest BCUT2D eigenvalue weighted by Crippen LogP contribution is 2.23. The number of ether oxygens (including phenoxy) is 1. The molecule has 0 N–H and O–H groups in total. The van der Waals surface area contributed by atoms with Gasteiger partial charge in [0, 0.05) is 26.2 Å². The van der Waals surface area contributed by atoms with Gasteiger partial charge < -0.3 is 14.2 Å². The molecule has 0 bridgehead atoms. The minimum atomic E-state index is 0.110. The Balaban J connectivity index is 1.54. The Kier molecular flexibility index (Phi) is 4.26. The lowest BCUT2D eigenvalue weighted by Gasteiger charge is -2.31. The number of nitrogens with zero attached hydrogens (tertiary/aromatic N) is 4. The highest BCUT2D eigenvalue weighted by atomic mass is 16.5. The third kappa shape index (κ3) is 2.96. The molecule has 1 fully saturated rings. The summed E-state index contributed by atoms with van der Waals surface area (Å²) in [5, 5.41) is 0. The van der Waals surface area contributed by atoms with Crippen LogP contribution >= 0.6 is 0 Å². The molecule has 116 valence electrons. The van der Waals surface area contributed by atoms with E-state index in [0.29, 0.717) is 12.6 Å². The van der Waals surface area contributed by atoms with Crippen LogP contribution in [0.25, 0.3) is 0 Å². The number of amides is 1. The minimum absolute atomic E-state index is 0.110. The van der Waals surface area contributed by atoms with Gasteiger partial charge in [0.25, 0.3) is 0 Å². The van der Waals surface area contributed by atoms with Crippen molar-refractivity contribution in [3.63, 3.8) is 0 Å². The first-order valence-corrected chi connectivity index (χ1v) is 7.77. The highest BCUT2D eigenvalue weighted by molar-refractivity contribution is 5.77. The molecule has 1 amide bonds. The zero-order valence-corrected chi connectivity index (χ0v) is 12.9. The van der Waals surface area contributed by atoms with Crippen LogP contribution in [0, 0.1) is 0 Å². The maximum atomic E-state index is 11.9. The van der Waals surface area contributed by atoms with E-state index in [9.17, 15) is 4.79 Å². The molecule has 1 atom stereocenters. The molecule has 3 rings (SSSR count). The van der Waals surface area contributed by atoms with Gasteiger partial charge in [0.05, 0.1) is 24.5 Å². The Morgan fingerprint density at radius 3 is 2.86 bits per heavy atom. The van der Waals surface area contributed by atoms with Crippen molar-refractivity contribution in [1.82, 2.24) is 19.4 Å². The van der Waals surface area contributed by atoms with E-state index in [1.54, 1.807) is 0 Å². The van der Waals surface area contributed by atoms with Gasteiger partial charge in [-0.1, -0.05) is 0 Å². The van der Waals surface area contributed by atoms with Gasteiger partial charge in [-0.15, -0.1) is 0 Å². The van der Waals surface area contributed by atoms with E-state index in [4.69, 9.17) is 4.74 Å². The summed E-state index contributed by atoms with van der Waals surface area (Å²) in [6.45, 7) is 6.53. The highest BCUT2D eigenvalue weighted by Gasteiger charge is 2.24. The zero-order chi connectivity index (χ0) is 14.8. The minimum Gasteiger partial charge on any atom is -0.365 e. The number of carbonyl (C=O) groups is 1. The number of likely N-dealkylation sites (tertiary alicyclic amines) is 1. The molecule has 0 spiro atoms. The lowest BCUT2D eigenvalue weighted by molar-refractivity contribution is -0.135. The molecule has 2 aliphatic heterocycles. The first kappa shape index (κ1) is 14.5. The Labute approximate surface area is 125 Å². The fourth-order valence-electron chi connectivity index (χ4n) is 3.08. The Morgan fingerprint density at radius 1 is 1.33 bits per heavy atom. The monoisotopic (exact) mass is 292 g/mol. The molecule has 1 aromatic heterocycles. The van der Waals surface area contributed by atoms with Crippen LogP contribution in [0.1, 0.15) is 37.3 Å². The van der Waals surface area contributed by atoms with Gasteiger partial charge in [-0.05, 0) is 26.8 Å². The van der Waals surface area contributed by atoms with Crippen molar-refractivity contribution in [3.8, 4) is 0 Å². The lowest BCUT2D eigenvalue weighted by Crippen LogP contribution is -2.34. The summed E-state index contributed by atoms with van der Waals surface area (Å²) in [6.07, 6.45) is 4.12. The van der Waals surface area contributed by atoms with Crippen molar-refractivity contribution in [3.05, 3.63) is 17.7 Å². The van der Waals surface area contributed by atoms with E-state index >= 15 is 0 Å². The molecule has 0 radical (unpaired) electrons. The van der Waals surface area contributed by atoms with Crippen molar-refractivity contribution >= 4 is 5.91 Å². The number of imidazole rings is 1. The van der Waals surface area contributed by atoms with Crippen molar-refractivity contribution < 1.29 is 9.53 Å². The second-order valence-corrected chi connectivity index (χ2v) is 6.00. The van der Waals surface area contributed by atoms with Crippen LogP contribution in [-0.4, -0.2) is 58.5 Å². The SMILES string of the molecule is CC1c2ncc(COCC(=O)N3CCCC3)n2CCN1C. The molecule has 1 unspecified atom stereocenters. The fourth-order valence-corrected chi connectivity index (χ4v) is 3.08. The predicted molar refractivity (Wildman–Crippen MR) is 78.7 cm³/mol. The van der Waals surface area contributed by atoms with Gasteiger partial charge in [0.2, 0.25) is 5.91 Å². The standard InChI is InChI=1S/C15H24N4O2/c1-12-15-16-9-13(19(15)8-7-17(12)2)10-21-11-14(20)18-5-3-4-6-18/h9,12H,3-8,10-11H2,1-2H3. The summed E-state index contributed by atoms with van der Waals surface area (Å²) < 4.78 is 7.84. The molecule has 0 saturated carbocycles. The van der Waals surface area contributed by atoms with Crippen molar-refractivity contribution in [1.29, 1.82) is 0 Å². The van der Waals surface area contributed by atoms with Crippen molar-refractivity contribution in [2.75, 3.05) is 33.3 Å². The number of hydrogen-bond donors (Lipinski definition) is 0. The van der Waals surface area contributed by atoms with E-state index in [0.717, 1.165) is 50.5 Å². The molecule has 0 aromatic carbocycles. The number of likely N-dealkylation sites (N-methyl/N-ethyl adjacent to an activating group) is 1. The molecular weight excluding hydrogens is 268 g/mol. The Hall–Kier alpha value is -1.40. The predicted octanol–water partition coefficient (Wildman–Crippen LogP) is 1.03. The number of carbonyl (C=O) groups excluding carboxylic acids is 1. The number of aromatic nitrogens is 2. The van der Waals surface area contributed by atoms with Crippen LogP contribution in [0.4, 0.5) is 0 Å². The van der Waals surface area contributed by atoms with Crippen molar-refractivity contribution in [2.45, 2.75) is 39.0 Å². The van der Waals surface area contributed by atoms with Crippen LogP contribution in [0.2, 0.25) is 0 Å². The Bertz CT molecular complexity index is 508. The molecule has 2 aliphatic rings. The summed E-state index contributed by atoms with van der Waals surface area (Å²) in [7, 11) is 2.12. The third-order valence-electron chi connectivity index (χ3n) is 4.61. The number of hydrogen-bond acceptors (Lipinski definition) is 4. The van der Waals surface area contributed by atoms with Gasteiger partial charge in [-0.25, -0.2) is 4.98 Å². The maximum Gasteiger partial charge on any atom is 0.248 e. The maximum absolute atomic E-state index is 11.9. The molecule has 6 heteroatoms. The molecule has 21 heavy (non-hydrogen) atoms. The first-order chi connectivity index (χ1) is 10.2. The number of rotatable bonds is 4. The molecule has 0 aliphatic carbocycles. The zero-order valence-electron chi connectivity index (χ0n) is 12.9. The third-order valence-corrected chi connectivity index (χ3v) is 4.61.